The summed E-state index contributed by atoms with van der Waals surface area (Å²) >= 11 is 0. The van der Waals surface area contributed by atoms with Gasteiger partial charge in [-0.15, -0.1) is 0 Å². The van der Waals surface area contributed by atoms with Crippen LogP contribution >= 0.6 is 0 Å². The topological polar surface area (TPSA) is 403 Å². The normalized spacial score (nSPS) is 11.5. The van der Waals surface area contributed by atoms with E-state index in [0.29, 0.717) is 89.4 Å². The van der Waals surface area contributed by atoms with Crippen LogP contribution in [0.25, 0.3) is 55.6 Å². The van der Waals surface area contributed by atoms with Crippen molar-refractivity contribution in [1.29, 1.82) is 5.26 Å². The van der Waals surface area contributed by atoms with Crippen molar-refractivity contribution in [3.8, 4) is 61.8 Å². The second-order valence-electron chi connectivity index (χ2n) is 26.5. The molecule has 0 unspecified atom stereocenters. The molecule has 0 aliphatic rings. The zero-order valence-electron chi connectivity index (χ0n) is 65.8. The average Bonchev–Trinajstić information content (AvgIpc) is 0.851. The van der Waals surface area contributed by atoms with E-state index in [4.69, 9.17) is 16.1 Å². The fourth-order valence-corrected chi connectivity index (χ4v) is 16.8. The van der Waals surface area contributed by atoms with E-state index in [1.165, 1.54) is 0 Å². The summed E-state index contributed by atoms with van der Waals surface area (Å²) in [5.74, 6) is 0. The molecule has 0 radical (unpaired) electrons. The first kappa shape index (κ1) is 95.9. The van der Waals surface area contributed by atoms with Crippen molar-refractivity contribution >= 4 is 66.2 Å². The summed E-state index contributed by atoms with van der Waals surface area (Å²) in [4.78, 5) is 13.9. The Hall–Kier alpha value is -9.90. The first-order valence-electron chi connectivity index (χ1n) is 37.8. The molecule has 626 valence electrons. The molecule has 2 amide bonds. The number of unbranched alkanes of at least 4 members (excludes halogenated alkanes) is 4. The number of carbonyl (C=O) groups is 1. The SMILES string of the molecule is CN(C)CCCCNS(=O)(=O)c1ccc(-c2ccccc2)cc1.CS(=O)(=O)NCCCCNS(=O)(=O)c1ccc(-c2ccccc2)cc1.N#CNCCCCNS(=O)(=O)c1ccc(-c2ccccc2)cc1.NC(=O)NCCCCNS(=O)(=O)c1ccc(-c2ccccc2)cc1.O=S(=O)(NCCNCCO)c1ccc(-c2ccccc2)cc1. The van der Waals surface area contributed by atoms with Crippen LogP contribution in [0.2, 0.25) is 0 Å². The van der Waals surface area contributed by atoms with E-state index in [1.807, 2.05) is 184 Å². The molecule has 10 rings (SSSR count). The van der Waals surface area contributed by atoms with Crippen LogP contribution in [0, 0.1) is 11.5 Å². The van der Waals surface area contributed by atoms with Gasteiger partial charge in [0.05, 0.1) is 37.3 Å². The van der Waals surface area contributed by atoms with Gasteiger partial charge in [-0.3, -0.25) is 0 Å². The molecule has 0 aromatic heterocycles. The summed E-state index contributed by atoms with van der Waals surface area (Å²) in [6.45, 7) is 4.89. The molecule has 0 bridgehead atoms. The monoisotopic (exact) mass is 1710 g/mol. The number of urea groups is 1. The van der Waals surface area contributed by atoms with E-state index < -0.39 is 66.2 Å². The highest BCUT2D eigenvalue weighted by atomic mass is 32.2. The maximum Gasteiger partial charge on any atom is 0.312 e. The molecular weight excluding hydrogens is 1610 g/mol. The van der Waals surface area contributed by atoms with Crippen molar-refractivity contribution in [3.63, 3.8) is 0 Å². The molecule has 0 atom stereocenters. The molecule has 0 fully saturated rings. The van der Waals surface area contributed by atoms with E-state index >= 15 is 0 Å². The van der Waals surface area contributed by atoms with Crippen molar-refractivity contribution in [2.24, 2.45) is 5.73 Å². The lowest BCUT2D eigenvalue weighted by atomic mass is 10.1. The average molecular weight is 1710 g/mol. The number of amides is 2. The maximum atomic E-state index is 12.3. The molecule has 10 aromatic carbocycles. The lowest BCUT2D eigenvalue weighted by molar-refractivity contribution is 0.248. The number of sulfonamides is 6. The number of nitriles is 1. The van der Waals surface area contributed by atoms with Crippen LogP contribution in [-0.2, 0) is 60.1 Å². The Balaban J connectivity index is 0.000000227. The number of nitrogens with two attached hydrogens (primary N) is 1. The molecule has 0 heterocycles. The van der Waals surface area contributed by atoms with Crippen LogP contribution < -0.4 is 50.0 Å². The molecule has 12 N–H and O–H groups in total. The zero-order chi connectivity index (χ0) is 84.8. The number of hydrogen-bond donors (Lipinski definition) is 11. The van der Waals surface area contributed by atoms with Crippen molar-refractivity contribution in [2.45, 2.75) is 75.8 Å². The third kappa shape index (κ3) is 36.7. The van der Waals surface area contributed by atoms with Crippen molar-refractivity contribution in [2.75, 3.05) is 99.0 Å². The third-order valence-corrected chi connectivity index (χ3v) is 25.2. The van der Waals surface area contributed by atoms with Crippen LogP contribution in [0.3, 0.4) is 0 Å². The number of benzene rings is 10. The summed E-state index contributed by atoms with van der Waals surface area (Å²) in [5.41, 5.74) is 15.1. The van der Waals surface area contributed by atoms with Gasteiger partial charge in [0.25, 0.3) is 0 Å². The zero-order valence-corrected chi connectivity index (χ0v) is 70.7. The van der Waals surface area contributed by atoms with Gasteiger partial charge in [0.15, 0.2) is 6.19 Å². The van der Waals surface area contributed by atoms with E-state index in [0.717, 1.165) is 87.7 Å². The molecule has 0 spiro atoms. The third-order valence-electron chi connectivity index (χ3n) is 17.1. The van der Waals surface area contributed by atoms with Crippen LogP contribution in [-0.4, -0.2) is 165 Å². The highest BCUT2D eigenvalue weighted by molar-refractivity contribution is 7.90. The largest absolute Gasteiger partial charge is 0.395 e. The van der Waals surface area contributed by atoms with Gasteiger partial charge in [0.1, 0.15) is 0 Å². The molecule has 10 aromatic rings. The Kier molecular flexibility index (Phi) is 41.5. The lowest BCUT2D eigenvalue weighted by Crippen LogP contribution is -2.32. The summed E-state index contributed by atoms with van der Waals surface area (Å²) in [6, 6.07) is 82.5. The Bertz CT molecular complexity index is 5320. The van der Waals surface area contributed by atoms with Gasteiger partial charge in [-0.2, -0.15) is 5.26 Å². The Morgan fingerprint density at radius 1 is 0.316 bits per heavy atom. The fourth-order valence-electron chi connectivity index (χ4n) is 10.9. The second-order valence-corrected chi connectivity index (χ2v) is 37.2. The smallest absolute Gasteiger partial charge is 0.312 e. The number of aliphatic hydroxyl groups is 1. The highest BCUT2D eigenvalue weighted by Crippen LogP contribution is 2.26. The van der Waals surface area contributed by atoms with E-state index in [1.54, 1.807) is 109 Å². The summed E-state index contributed by atoms with van der Waals surface area (Å²) in [5, 5.41) is 24.9. The predicted octanol–water partition coefficient (Wildman–Crippen LogP) is 10.7. The molecule has 26 nitrogen and oxygen atoms in total. The lowest BCUT2D eigenvalue weighted by Gasteiger charge is -2.10. The van der Waals surface area contributed by atoms with Crippen LogP contribution in [0.5, 0.6) is 0 Å². The quantitative estimate of drug-likeness (QED) is 0.00963. The van der Waals surface area contributed by atoms with Gasteiger partial charge in [-0.25, -0.2) is 83.6 Å². The van der Waals surface area contributed by atoms with Gasteiger partial charge in [0.2, 0.25) is 60.1 Å². The van der Waals surface area contributed by atoms with E-state index in [9.17, 15) is 55.3 Å². The summed E-state index contributed by atoms with van der Waals surface area (Å²) < 4.78 is 159. The summed E-state index contributed by atoms with van der Waals surface area (Å²) in [6.07, 6.45) is 8.51. The van der Waals surface area contributed by atoms with Gasteiger partial charge >= 0.3 is 6.03 Å². The Morgan fingerprint density at radius 3 is 0.786 bits per heavy atom. The van der Waals surface area contributed by atoms with Crippen LogP contribution in [0.1, 0.15) is 51.4 Å². The number of carbonyl (C=O) groups excluding carboxylic acids is 1. The number of rotatable bonds is 41. The van der Waals surface area contributed by atoms with Crippen molar-refractivity contribution in [3.05, 3.63) is 273 Å². The highest BCUT2D eigenvalue weighted by Gasteiger charge is 2.19. The van der Waals surface area contributed by atoms with Crippen LogP contribution in [0.4, 0.5) is 4.79 Å². The van der Waals surface area contributed by atoms with Crippen molar-refractivity contribution < 1.29 is 60.4 Å². The second kappa shape index (κ2) is 50.7. The molecule has 117 heavy (non-hydrogen) atoms. The molecule has 0 saturated carbocycles. The fraction of sp³-hybridized carbons (Fsp3) is 0.271. The van der Waals surface area contributed by atoms with Gasteiger partial charge in [0, 0.05) is 65.4 Å². The minimum atomic E-state index is -3.56. The molecule has 32 heteroatoms. The number of primary amides is 1. The Labute approximate surface area is 691 Å². The van der Waals surface area contributed by atoms with Gasteiger partial charge in [-0.05, 0) is 188 Å². The first-order valence-corrected chi connectivity index (χ1v) is 47.1. The van der Waals surface area contributed by atoms with Crippen LogP contribution in [0.15, 0.2) is 297 Å². The molecule has 0 aliphatic heterocycles. The van der Waals surface area contributed by atoms with Gasteiger partial charge < -0.3 is 31.7 Å². The number of nitrogens with one attached hydrogen (secondary N) is 9. The van der Waals surface area contributed by atoms with Gasteiger partial charge in [-0.1, -0.05) is 212 Å². The Morgan fingerprint density at radius 2 is 0.547 bits per heavy atom. The number of hydrogen-bond acceptors (Lipinski definition) is 18. The van der Waals surface area contributed by atoms with E-state index in [-0.39, 0.29) is 39.3 Å². The molecular formula is C85H106N12O14S6. The van der Waals surface area contributed by atoms with Crippen molar-refractivity contribution in [1.82, 2.24) is 49.2 Å². The van der Waals surface area contributed by atoms with E-state index in [2.05, 4.69) is 49.2 Å². The standard InChI is InChI=1S/C18H24N2O2S.C17H21N3O3S.C17H19N3O2S.C17H22N2O4S2.C16H20N2O3S/c1-20(2)15-7-6-14-19-23(21,22)18-12-10-17(11-13-18)16-8-4-3-5-9-16;18-17(21)19-12-4-5-13-20-24(22,23)16-10-8-15(9-11-16)14-6-2-1-3-7-14;18-14-19-12-4-5-13-20-23(21,22)17-10-8-16(9-11-17)15-6-2-1-3-7-15;1-24(20,21)18-13-5-6-14-19-25(22,23)17-11-9-16(10-12-17)15-7-3-2-4-8-15;19-13-12-17-10-11-18-22(20,21)16-8-6-15(7-9-16)14-4-2-1-3-5-14/h3-5,8-13,19H,6-7,14-15H2,1-2H3;1-3,6-11,20H,4-5,12-13H2,(H3,18,19,21);1-3,6-11,19-20H,4-5,12-13H2;2-4,7-12,18-19H,5-6,13-14H2,1H3;1-9,17-19H,10-13H2. The first-order chi connectivity index (χ1) is 56.0. The number of nitrogens with zero attached hydrogens (tertiary/aromatic N) is 2. The number of aliphatic hydroxyl groups excluding tert-OH is 1. The molecule has 0 aliphatic carbocycles. The predicted molar refractivity (Wildman–Crippen MR) is 465 cm³/mol. The summed E-state index contributed by atoms with van der Waals surface area (Å²) in [7, 11) is -16.7. The minimum absolute atomic E-state index is 0.0354. The minimum Gasteiger partial charge on any atom is -0.395 e. The maximum absolute atomic E-state index is 12.3. The molecule has 0 saturated heterocycles.